The second-order valence-corrected chi connectivity index (χ2v) is 9.32. The van der Waals surface area contributed by atoms with E-state index in [2.05, 4.69) is 27.4 Å². The molecule has 34 heavy (non-hydrogen) atoms. The third-order valence-corrected chi connectivity index (χ3v) is 6.79. The van der Waals surface area contributed by atoms with Gasteiger partial charge >= 0.3 is 0 Å². The Morgan fingerprint density at radius 2 is 1.59 bits per heavy atom. The molecule has 0 saturated carbocycles. The number of carbonyl (C=O) groups is 2. The highest BCUT2D eigenvalue weighted by atomic mass is 16.2. The summed E-state index contributed by atoms with van der Waals surface area (Å²) in [5.74, 6) is 0.267. The van der Waals surface area contributed by atoms with E-state index in [4.69, 9.17) is 0 Å². The van der Waals surface area contributed by atoms with E-state index in [1.807, 2.05) is 73.2 Å². The summed E-state index contributed by atoms with van der Waals surface area (Å²) >= 11 is 0. The molecule has 2 amide bonds. The van der Waals surface area contributed by atoms with Crippen molar-refractivity contribution in [1.82, 2.24) is 14.9 Å². The standard InChI is InChI=1S/C27H29N5O2/c1-17-12-18(2)29-27(28-17)31(3)23-10-8-22(9-11-23)30-26(34)21-15-25(33)32(16-21)24-13-19-6-4-5-7-20(19)14-24/h4-12,21,24H,13-16H2,1-3H3,(H,30,34). The zero-order valence-corrected chi connectivity index (χ0v) is 19.8. The van der Waals surface area contributed by atoms with Gasteiger partial charge in [0, 0.05) is 48.8 Å². The predicted molar refractivity (Wildman–Crippen MR) is 132 cm³/mol. The molecule has 1 saturated heterocycles. The third-order valence-electron chi connectivity index (χ3n) is 6.79. The van der Waals surface area contributed by atoms with E-state index >= 15 is 0 Å². The van der Waals surface area contributed by atoms with Gasteiger partial charge in [0.05, 0.1) is 5.92 Å². The van der Waals surface area contributed by atoms with Crippen LogP contribution in [0.25, 0.3) is 0 Å². The molecule has 0 bridgehead atoms. The smallest absolute Gasteiger partial charge is 0.230 e. The molecule has 0 spiro atoms. The molecule has 1 unspecified atom stereocenters. The summed E-state index contributed by atoms with van der Waals surface area (Å²) in [6.45, 7) is 4.38. The molecule has 1 fully saturated rings. The molecule has 1 N–H and O–H groups in total. The Hall–Kier alpha value is -3.74. The van der Waals surface area contributed by atoms with Crippen LogP contribution in [-0.2, 0) is 22.4 Å². The van der Waals surface area contributed by atoms with Crippen LogP contribution in [-0.4, -0.2) is 46.3 Å². The van der Waals surface area contributed by atoms with Crippen molar-refractivity contribution in [2.24, 2.45) is 5.92 Å². The highest BCUT2D eigenvalue weighted by Crippen LogP contribution is 2.31. The lowest BCUT2D eigenvalue weighted by atomic mass is 10.1. The van der Waals surface area contributed by atoms with E-state index in [-0.39, 0.29) is 30.2 Å². The molecule has 5 rings (SSSR count). The van der Waals surface area contributed by atoms with Crippen LogP contribution in [0.15, 0.2) is 54.6 Å². The maximum absolute atomic E-state index is 12.9. The Balaban J connectivity index is 1.21. The number of benzene rings is 2. The van der Waals surface area contributed by atoms with Crippen molar-refractivity contribution in [3.63, 3.8) is 0 Å². The number of aryl methyl sites for hydroxylation is 2. The zero-order valence-electron chi connectivity index (χ0n) is 19.8. The van der Waals surface area contributed by atoms with Crippen molar-refractivity contribution in [1.29, 1.82) is 0 Å². The van der Waals surface area contributed by atoms with Gasteiger partial charge in [-0.2, -0.15) is 0 Å². The number of hydrogen-bond acceptors (Lipinski definition) is 5. The monoisotopic (exact) mass is 455 g/mol. The summed E-state index contributed by atoms with van der Waals surface area (Å²) in [4.78, 5) is 38.5. The lowest BCUT2D eigenvalue weighted by Crippen LogP contribution is -2.38. The largest absolute Gasteiger partial charge is 0.338 e. The van der Waals surface area contributed by atoms with E-state index in [0.717, 1.165) is 29.9 Å². The van der Waals surface area contributed by atoms with Crippen LogP contribution < -0.4 is 10.2 Å². The van der Waals surface area contributed by atoms with Crippen LogP contribution in [0, 0.1) is 19.8 Å². The van der Waals surface area contributed by atoms with Gasteiger partial charge in [0.1, 0.15) is 0 Å². The highest BCUT2D eigenvalue weighted by Gasteiger charge is 2.39. The molecule has 174 valence electrons. The van der Waals surface area contributed by atoms with Gasteiger partial charge in [-0.15, -0.1) is 0 Å². The van der Waals surface area contributed by atoms with E-state index in [0.29, 0.717) is 18.2 Å². The molecule has 0 radical (unpaired) electrons. The maximum atomic E-state index is 12.9. The summed E-state index contributed by atoms with van der Waals surface area (Å²) in [6.07, 6.45) is 2.01. The van der Waals surface area contributed by atoms with E-state index < -0.39 is 0 Å². The van der Waals surface area contributed by atoms with Gasteiger partial charge in [0.15, 0.2) is 0 Å². The average Bonchev–Trinajstić information content (AvgIpc) is 3.41. The van der Waals surface area contributed by atoms with Crippen molar-refractivity contribution in [2.45, 2.75) is 39.2 Å². The van der Waals surface area contributed by atoms with Crippen LogP contribution in [0.3, 0.4) is 0 Å². The first kappa shape index (κ1) is 22.1. The van der Waals surface area contributed by atoms with Crippen molar-refractivity contribution in [3.8, 4) is 0 Å². The van der Waals surface area contributed by atoms with Gasteiger partial charge in [-0.05, 0) is 68.1 Å². The fraction of sp³-hybridized carbons (Fsp3) is 0.333. The van der Waals surface area contributed by atoms with Crippen LogP contribution in [0.1, 0.15) is 28.9 Å². The molecular formula is C27H29N5O2. The van der Waals surface area contributed by atoms with Crippen molar-refractivity contribution < 1.29 is 9.59 Å². The van der Waals surface area contributed by atoms with E-state index in [1.54, 1.807) is 0 Å². The second-order valence-electron chi connectivity index (χ2n) is 9.32. The first-order valence-electron chi connectivity index (χ1n) is 11.7. The Morgan fingerprint density at radius 1 is 0.971 bits per heavy atom. The van der Waals surface area contributed by atoms with Gasteiger partial charge < -0.3 is 15.1 Å². The Bertz CT molecular complexity index is 1190. The van der Waals surface area contributed by atoms with Crippen LogP contribution in [0.5, 0.6) is 0 Å². The lowest BCUT2D eigenvalue weighted by Gasteiger charge is -2.24. The van der Waals surface area contributed by atoms with Crippen molar-refractivity contribution in [3.05, 3.63) is 77.1 Å². The lowest BCUT2D eigenvalue weighted by molar-refractivity contribution is -0.129. The number of anilines is 3. The number of nitrogens with zero attached hydrogens (tertiary/aromatic N) is 4. The summed E-state index contributed by atoms with van der Waals surface area (Å²) in [6, 6.07) is 18.0. The fourth-order valence-electron chi connectivity index (χ4n) is 5.00. The van der Waals surface area contributed by atoms with E-state index in [9.17, 15) is 9.59 Å². The molecule has 2 heterocycles. The molecule has 2 aliphatic rings. The third kappa shape index (κ3) is 4.38. The molecule has 2 aromatic carbocycles. The molecule has 7 heteroatoms. The molecule has 1 aliphatic heterocycles. The van der Waals surface area contributed by atoms with Gasteiger partial charge in [0.2, 0.25) is 17.8 Å². The van der Waals surface area contributed by atoms with Gasteiger partial charge in [-0.3, -0.25) is 9.59 Å². The Kier molecular flexibility index (Phi) is 5.77. The molecule has 1 aromatic heterocycles. The number of aromatic nitrogens is 2. The number of rotatable bonds is 5. The highest BCUT2D eigenvalue weighted by molar-refractivity contribution is 5.97. The summed E-state index contributed by atoms with van der Waals surface area (Å²) in [5, 5.41) is 2.99. The van der Waals surface area contributed by atoms with Crippen LogP contribution >= 0.6 is 0 Å². The number of carbonyl (C=O) groups excluding carboxylic acids is 2. The van der Waals surface area contributed by atoms with Crippen LogP contribution in [0.2, 0.25) is 0 Å². The molecule has 1 aliphatic carbocycles. The number of nitrogens with one attached hydrogen (secondary N) is 1. The first-order chi connectivity index (χ1) is 16.4. The molecule has 3 aromatic rings. The van der Waals surface area contributed by atoms with Gasteiger partial charge in [0.25, 0.3) is 0 Å². The topological polar surface area (TPSA) is 78.4 Å². The van der Waals surface area contributed by atoms with Crippen molar-refractivity contribution >= 4 is 29.1 Å². The normalized spacial score (nSPS) is 17.7. The maximum Gasteiger partial charge on any atom is 0.230 e. The number of likely N-dealkylation sites (tertiary alicyclic amines) is 1. The van der Waals surface area contributed by atoms with Gasteiger partial charge in [-0.25, -0.2) is 9.97 Å². The molecular weight excluding hydrogens is 426 g/mol. The SMILES string of the molecule is Cc1cc(C)nc(N(C)c2ccc(NC(=O)C3CC(=O)N(C4Cc5ccccc5C4)C3)cc2)n1. The minimum atomic E-state index is -0.331. The Labute approximate surface area is 199 Å². The quantitative estimate of drug-likeness (QED) is 0.633. The number of amides is 2. The van der Waals surface area contributed by atoms with Gasteiger partial charge in [-0.1, -0.05) is 24.3 Å². The number of fused-ring (bicyclic) bond motifs is 1. The molecule has 1 atom stereocenters. The van der Waals surface area contributed by atoms with Crippen LogP contribution in [0.4, 0.5) is 17.3 Å². The first-order valence-corrected chi connectivity index (χ1v) is 11.7. The molecule has 7 nitrogen and oxygen atoms in total. The minimum absolute atomic E-state index is 0.0726. The average molecular weight is 456 g/mol. The summed E-state index contributed by atoms with van der Waals surface area (Å²) in [7, 11) is 1.92. The fourth-order valence-corrected chi connectivity index (χ4v) is 5.00. The van der Waals surface area contributed by atoms with E-state index in [1.165, 1.54) is 11.1 Å². The predicted octanol–water partition coefficient (Wildman–Crippen LogP) is 3.82. The zero-order chi connectivity index (χ0) is 23.8. The Morgan fingerprint density at radius 3 is 2.21 bits per heavy atom. The summed E-state index contributed by atoms with van der Waals surface area (Å²) in [5.41, 5.74) is 6.09. The van der Waals surface area contributed by atoms with Crippen molar-refractivity contribution in [2.75, 3.05) is 23.8 Å². The summed E-state index contributed by atoms with van der Waals surface area (Å²) < 4.78 is 0. The second kappa shape index (κ2) is 8.89. The number of hydrogen-bond donors (Lipinski definition) is 1. The minimum Gasteiger partial charge on any atom is -0.338 e.